The highest BCUT2D eigenvalue weighted by Crippen LogP contribution is 2.27. The van der Waals surface area contributed by atoms with E-state index in [1.807, 2.05) is 13.8 Å². The lowest BCUT2D eigenvalue weighted by atomic mass is 10.0. The molecule has 1 amide bonds. The summed E-state index contributed by atoms with van der Waals surface area (Å²) in [5.41, 5.74) is 2.07. The Morgan fingerprint density at radius 1 is 1.48 bits per heavy atom. The van der Waals surface area contributed by atoms with Crippen molar-refractivity contribution in [1.82, 2.24) is 4.90 Å². The van der Waals surface area contributed by atoms with Crippen LogP contribution < -0.4 is 5.32 Å². The molecule has 1 fully saturated rings. The lowest BCUT2D eigenvalue weighted by Crippen LogP contribution is -2.47. The minimum absolute atomic E-state index is 0. The Labute approximate surface area is 136 Å². The lowest BCUT2D eigenvalue weighted by Gasteiger charge is -2.34. The summed E-state index contributed by atoms with van der Waals surface area (Å²) in [6, 6.07) is -0.103. The molecule has 0 unspecified atom stereocenters. The van der Waals surface area contributed by atoms with Crippen molar-refractivity contribution in [1.29, 1.82) is 0 Å². The quantitative estimate of drug-likeness (QED) is 0.884. The van der Waals surface area contributed by atoms with Crippen LogP contribution in [0.15, 0.2) is 5.38 Å². The van der Waals surface area contributed by atoms with E-state index >= 15 is 0 Å². The number of carbonyl (C=O) groups is 1. The minimum Gasteiger partial charge on any atom is -0.323 e. The van der Waals surface area contributed by atoms with Gasteiger partial charge in [0.25, 0.3) is 0 Å². The number of alkyl halides is 1. The van der Waals surface area contributed by atoms with Gasteiger partial charge in [-0.2, -0.15) is 0 Å². The molecular weight excluding hydrogens is 311 g/mol. The number of likely N-dealkylation sites (tertiary alicyclic amines) is 1. The molecule has 1 aliphatic rings. The van der Waals surface area contributed by atoms with Gasteiger partial charge in [-0.05, 0) is 50.6 Å². The number of carbonyl (C=O) groups excluding carboxylic acids is 1. The Hall–Kier alpha value is -0.650. The van der Waals surface area contributed by atoms with Crippen LogP contribution in [0.3, 0.4) is 0 Å². The average molecular weight is 335 g/mol. The predicted octanol–water partition coefficient (Wildman–Crippen LogP) is 3.94. The number of halogens is 2. The number of piperidine rings is 1. The van der Waals surface area contributed by atoms with E-state index in [0.29, 0.717) is 13.0 Å². The fourth-order valence-electron chi connectivity index (χ4n) is 2.78. The molecule has 0 bridgehead atoms. The number of amides is 1. The molecule has 1 aromatic heterocycles. The third kappa shape index (κ3) is 4.66. The smallest absolute Gasteiger partial charge is 0.241 e. The SMILES string of the molecule is Cc1csc(C)c1NC(=O)[C@@H]1CCCCN1CCCF.Cl. The molecule has 120 valence electrons. The van der Waals surface area contributed by atoms with E-state index in [1.54, 1.807) is 11.3 Å². The third-order valence-corrected chi connectivity index (χ3v) is 4.93. The number of hydrogen-bond acceptors (Lipinski definition) is 3. The van der Waals surface area contributed by atoms with Crippen LogP contribution in [0.2, 0.25) is 0 Å². The highest BCUT2D eigenvalue weighted by molar-refractivity contribution is 7.10. The van der Waals surface area contributed by atoms with Crippen molar-refractivity contribution >= 4 is 35.3 Å². The van der Waals surface area contributed by atoms with Crippen LogP contribution in [-0.4, -0.2) is 36.6 Å². The maximum atomic E-state index is 12.5. The number of thiophene rings is 1. The van der Waals surface area contributed by atoms with E-state index in [0.717, 1.165) is 41.9 Å². The monoisotopic (exact) mass is 334 g/mol. The Balaban J connectivity index is 0.00000220. The van der Waals surface area contributed by atoms with E-state index in [1.165, 1.54) is 0 Å². The number of anilines is 1. The molecule has 0 saturated carbocycles. The summed E-state index contributed by atoms with van der Waals surface area (Å²) in [5, 5.41) is 5.13. The van der Waals surface area contributed by atoms with Gasteiger partial charge in [-0.1, -0.05) is 6.42 Å². The lowest BCUT2D eigenvalue weighted by molar-refractivity contribution is -0.122. The first-order valence-corrected chi connectivity index (χ1v) is 8.17. The Morgan fingerprint density at radius 3 is 2.86 bits per heavy atom. The van der Waals surface area contributed by atoms with E-state index < -0.39 is 0 Å². The molecule has 1 aliphatic heterocycles. The van der Waals surface area contributed by atoms with Gasteiger partial charge in [0.15, 0.2) is 0 Å². The molecule has 0 spiro atoms. The molecule has 2 heterocycles. The summed E-state index contributed by atoms with van der Waals surface area (Å²) in [7, 11) is 0. The van der Waals surface area contributed by atoms with E-state index in [9.17, 15) is 9.18 Å². The molecule has 1 atom stereocenters. The summed E-state index contributed by atoms with van der Waals surface area (Å²) in [6.07, 6.45) is 3.57. The second-order valence-electron chi connectivity index (χ2n) is 5.43. The van der Waals surface area contributed by atoms with Gasteiger partial charge in [-0.3, -0.25) is 14.1 Å². The summed E-state index contributed by atoms with van der Waals surface area (Å²) in [6.45, 7) is 5.30. The summed E-state index contributed by atoms with van der Waals surface area (Å²) < 4.78 is 12.4. The highest BCUT2D eigenvalue weighted by Gasteiger charge is 2.28. The number of nitrogens with zero attached hydrogens (tertiary/aromatic N) is 1. The molecule has 21 heavy (non-hydrogen) atoms. The van der Waals surface area contributed by atoms with E-state index in [4.69, 9.17) is 0 Å². The molecular formula is C15H24ClFN2OS. The summed E-state index contributed by atoms with van der Waals surface area (Å²) >= 11 is 1.66. The fourth-order valence-corrected chi connectivity index (χ4v) is 3.59. The van der Waals surface area contributed by atoms with Crippen LogP contribution >= 0.6 is 23.7 Å². The van der Waals surface area contributed by atoms with E-state index in [-0.39, 0.29) is 31.0 Å². The third-order valence-electron chi connectivity index (χ3n) is 3.90. The van der Waals surface area contributed by atoms with Gasteiger partial charge >= 0.3 is 0 Å². The molecule has 2 rings (SSSR count). The van der Waals surface area contributed by atoms with Crippen molar-refractivity contribution in [2.45, 2.75) is 45.6 Å². The van der Waals surface area contributed by atoms with Crippen LogP contribution in [0, 0.1) is 13.8 Å². The van der Waals surface area contributed by atoms with Gasteiger partial charge in [-0.25, -0.2) is 0 Å². The number of nitrogens with one attached hydrogen (secondary N) is 1. The van der Waals surface area contributed by atoms with Crippen molar-refractivity contribution < 1.29 is 9.18 Å². The molecule has 1 saturated heterocycles. The van der Waals surface area contributed by atoms with Gasteiger partial charge in [0, 0.05) is 11.4 Å². The van der Waals surface area contributed by atoms with Crippen LogP contribution in [0.4, 0.5) is 10.1 Å². The molecule has 3 nitrogen and oxygen atoms in total. The number of rotatable bonds is 5. The van der Waals surface area contributed by atoms with Gasteiger partial charge < -0.3 is 5.32 Å². The Morgan fingerprint density at radius 2 is 2.24 bits per heavy atom. The zero-order valence-electron chi connectivity index (χ0n) is 12.7. The minimum atomic E-state index is -0.312. The summed E-state index contributed by atoms with van der Waals surface area (Å²) in [5.74, 6) is 0.0631. The standard InChI is InChI=1S/C15H23FN2OS.ClH/c1-11-10-20-12(2)14(11)17-15(19)13-6-3-4-8-18(13)9-5-7-16;/h10,13H,3-9H2,1-2H3,(H,17,19);1H/t13-;/m0./s1. The van der Waals surface area contributed by atoms with Crippen LogP contribution in [-0.2, 0) is 4.79 Å². The molecule has 1 N–H and O–H groups in total. The fraction of sp³-hybridized carbons (Fsp3) is 0.667. The van der Waals surface area contributed by atoms with Crippen molar-refractivity contribution in [3.63, 3.8) is 0 Å². The van der Waals surface area contributed by atoms with Crippen molar-refractivity contribution in [3.8, 4) is 0 Å². The van der Waals surface area contributed by atoms with Crippen LogP contribution in [0.25, 0.3) is 0 Å². The molecule has 0 aliphatic carbocycles. The van der Waals surface area contributed by atoms with Gasteiger partial charge in [0.05, 0.1) is 18.4 Å². The predicted molar refractivity (Wildman–Crippen MR) is 89.5 cm³/mol. The maximum absolute atomic E-state index is 12.5. The summed E-state index contributed by atoms with van der Waals surface area (Å²) in [4.78, 5) is 15.8. The Kier molecular flexibility index (Phi) is 7.63. The normalized spacial score (nSPS) is 19.1. The first kappa shape index (κ1) is 18.4. The molecule has 0 aromatic carbocycles. The molecule has 1 aromatic rings. The average Bonchev–Trinajstić information content (AvgIpc) is 2.77. The van der Waals surface area contributed by atoms with Crippen LogP contribution in [0.1, 0.15) is 36.1 Å². The first-order valence-electron chi connectivity index (χ1n) is 7.29. The molecule has 6 heteroatoms. The zero-order chi connectivity index (χ0) is 14.5. The van der Waals surface area contributed by atoms with Gasteiger partial charge in [-0.15, -0.1) is 23.7 Å². The van der Waals surface area contributed by atoms with Gasteiger partial charge in [0.2, 0.25) is 5.91 Å². The van der Waals surface area contributed by atoms with Gasteiger partial charge in [0.1, 0.15) is 0 Å². The number of hydrogen-bond donors (Lipinski definition) is 1. The molecule has 0 radical (unpaired) electrons. The van der Waals surface area contributed by atoms with Crippen molar-refractivity contribution in [2.75, 3.05) is 25.1 Å². The number of aryl methyl sites for hydroxylation is 2. The van der Waals surface area contributed by atoms with E-state index in [2.05, 4.69) is 15.6 Å². The zero-order valence-corrected chi connectivity index (χ0v) is 14.3. The largest absolute Gasteiger partial charge is 0.323 e. The highest BCUT2D eigenvalue weighted by atomic mass is 35.5. The second-order valence-corrected chi connectivity index (χ2v) is 6.51. The van der Waals surface area contributed by atoms with Crippen molar-refractivity contribution in [3.05, 3.63) is 15.8 Å². The topological polar surface area (TPSA) is 32.3 Å². The first-order chi connectivity index (χ1) is 9.63. The second kappa shape index (κ2) is 8.71. The Bertz CT molecular complexity index is 447. The van der Waals surface area contributed by atoms with Crippen LogP contribution in [0.5, 0.6) is 0 Å². The van der Waals surface area contributed by atoms with Crippen molar-refractivity contribution in [2.24, 2.45) is 0 Å². The maximum Gasteiger partial charge on any atom is 0.241 e.